The Morgan fingerprint density at radius 2 is 1.85 bits per heavy atom. The molecule has 1 amide bonds. The van der Waals surface area contributed by atoms with Crippen LogP contribution < -0.4 is 10.3 Å². The number of aryl methyl sites for hydroxylation is 1. The maximum absolute atomic E-state index is 13.3. The third-order valence-electron chi connectivity index (χ3n) is 9.13. The predicted octanol–water partition coefficient (Wildman–Crippen LogP) is 4.04. The molecule has 0 radical (unpaired) electrons. The topological polar surface area (TPSA) is 94.0 Å². The first-order chi connectivity index (χ1) is 19.5. The van der Waals surface area contributed by atoms with E-state index in [1.165, 1.54) is 32.4 Å². The number of cyclic esters (lactones) is 1. The number of ether oxygens (including phenoxy) is 2. The molecule has 9 heteroatoms. The number of benzene rings is 1. The molecule has 0 spiro atoms. The van der Waals surface area contributed by atoms with Gasteiger partial charge in [0.1, 0.15) is 12.4 Å². The Bertz CT molecular complexity index is 1580. The van der Waals surface area contributed by atoms with E-state index in [-0.39, 0.29) is 30.6 Å². The number of carbonyl (C=O) groups excluding carboxylic acids is 2. The Labute approximate surface area is 232 Å². The van der Waals surface area contributed by atoms with Crippen molar-refractivity contribution in [2.75, 3.05) is 26.2 Å². The van der Waals surface area contributed by atoms with Gasteiger partial charge in [-0.1, -0.05) is 13.3 Å². The lowest BCUT2D eigenvalue weighted by atomic mass is 9.98. The number of carbonyl (C=O) groups is 2. The fourth-order valence-corrected chi connectivity index (χ4v) is 6.98. The molecule has 3 aromatic rings. The Morgan fingerprint density at radius 1 is 1.05 bits per heavy atom. The van der Waals surface area contributed by atoms with Crippen molar-refractivity contribution in [1.82, 2.24) is 19.4 Å². The van der Waals surface area contributed by atoms with E-state index >= 15 is 0 Å². The van der Waals surface area contributed by atoms with Crippen molar-refractivity contribution in [3.05, 3.63) is 56.9 Å². The van der Waals surface area contributed by atoms with Crippen LogP contribution in [-0.2, 0) is 35.5 Å². The predicted molar refractivity (Wildman–Crippen MR) is 149 cm³/mol. The van der Waals surface area contributed by atoms with Crippen molar-refractivity contribution in [3.63, 3.8) is 0 Å². The second kappa shape index (κ2) is 10.0. The Morgan fingerprint density at radius 3 is 2.62 bits per heavy atom. The summed E-state index contributed by atoms with van der Waals surface area (Å²) in [6.07, 6.45) is 6.42. The molecular weight excluding hydrogens is 508 g/mol. The van der Waals surface area contributed by atoms with Crippen molar-refractivity contribution in [3.8, 4) is 17.1 Å². The third kappa shape index (κ3) is 4.27. The smallest absolute Gasteiger partial charge is 0.415 e. The van der Waals surface area contributed by atoms with Crippen molar-refractivity contribution in [2.45, 2.75) is 71.1 Å². The minimum atomic E-state index is -0.316. The summed E-state index contributed by atoms with van der Waals surface area (Å²) < 4.78 is 12.7. The van der Waals surface area contributed by atoms with Gasteiger partial charge in [0.2, 0.25) is 0 Å². The molecule has 0 N–H and O–H groups in total. The number of nitrogens with zero attached hydrogens (tertiary/aromatic N) is 4. The van der Waals surface area contributed by atoms with E-state index < -0.39 is 0 Å². The highest BCUT2D eigenvalue weighted by Crippen LogP contribution is 2.38. The fraction of sp³-hybridized carbons (Fsp3) is 0.484. The average molecular weight is 543 g/mol. The van der Waals surface area contributed by atoms with E-state index in [0.29, 0.717) is 23.9 Å². The van der Waals surface area contributed by atoms with Gasteiger partial charge in [-0.05, 0) is 80.6 Å². The van der Waals surface area contributed by atoms with E-state index in [0.717, 1.165) is 71.3 Å². The molecule has 6 heterocycles. The first-order valence-electron chi connectivity index (χ1n) is 14.6. The average Bonchev–Trinajstić information content (AvgIpc) is 3.34. The largest absolute Gasteiger partial charge is 0.460 e. The number of hydrogen-bond acceptors (Lipinski definition) is 7. The SMILES string of the molecule is CCc1c2c(nc3ccc(OC(=O)N4CCC(N5CCCCC5)CC4)cc13)-c1cc3c(c(=O)n1C2)COC(=O)C3. The number of pyridine rings is 2. The lowest BCUT2D eigenvalue weighted by molar-refractivity contribution is -0.145. The molecule has 2 aromatic heterocycles. The molecule has 0 saturated carbocycles. The number of rotatable bonds is 3. The van der Waals surface area contributed by atoms with Gasteiger partial charge in [0.25, 0.3) is 5.56 Å². The summed E-state index contributed by atoms with van der Waals surface area (Å²) in [4.78, 5) is 47.6. The number of piperidine rings is 2. The lowest BCUT2D eigenvalue weighted by Crippen LogP contribution is -2.48. The standard InChI is InChI=1S/C31H34N4O5/c1-2-22-23-16-21(40-31(38)34-12-8-20(9-13-34)33-10-4-3-5-11-33)6-7-26(23)32-29-24(22)17-35-27(29)14-19-15-28(36)39-18-25(19)30(35)37/h6-7,14,16,20H,2-5,8-13,15,17-18H2,1H3. The van der Waals surface area contributed by atoms with E-state index in [2.05, 4.69) is 11.8 Å². The molecule has 4 aliphatic rings. The number of amides is 1. The van der Waals surface area contributed by atoms with Gasteiger partial charge in [-0.2, -0.15) is 0 Å². The van der Waals surface area contributed by atoms with Crippen LogP contribution in [0.15, 0.2) is 29.1 Å². The number of hydrogen-bond donors (Lipinski definition) is 0. The Hall–Kier alpha value is -3.72. The summed E-state index contributed by atoms with van der Waals surface area (Å²) in [5.41, 5.74) is 5.56. The molecule has 1 aromatic carbocycles. The van der Waals surface area contributed by atoms with Crippen molar-refractivity contribution in [1.29, 1.82) is 0 Å². The summed E-state index contributed by atoms with van der Waals surface area (Å²) in [5, 5.41) is 0.930. The molecule has 9 nitrogen and oxygen atoms in total. The zero-order chi connectivity index (χ0) is 27.4. The van der Waals surface area contributed by atoms with Crippen LogP contribution >= 0.6 is 0 Å². The molecule has 0 atom stereocenters. The van der Waals surface area contributed by atoms with E-state index in [4.69, 9.17) is 14.5 Å². The Kier molecular flexibility index (Phi) is 6.34. The van der Waals surface area contributed by atoms with Crippen molar-refractivity contribution >= 4 is 23.0 Å². The highest BCUT2D eigenvalue weighted by Gasteiger charge is 2.31. The molecule has 0 aliphatic carbocycles. The number of esters is 1. The van der Waals surface area contributed by atoms with Crippen LogP contribution in [0.5, 0.6) is 5.75 Å². The molecule has 2 fully saturated rings. The van der Waals surface area contributed by atoms with Gasteiger partial charge in [-0.15, -0.1) is 0 Å². The molecule has 2 saturated heterocycles. The van der Waals surface area contributed by atoms with Gasteiger partial charge < -0.3 is 23.8 Å². The lowest BCUT2D eigenvalue weighted by Gasteiger charge is -2.39. The third-order valence-corrected chi connectivity index (χ3v) is 9.13. The highest BCUT2D eigenvalue weighted by molar-refractivity contribution is 5.90. The second-order valence-electron chi connectivity index (χ2n) is 11.4. The van der Waals surface area contributed by atoms with E-state index in [1.54, 1.807) is 10.6 Å². The molecule has 208 valence electrons. The van der Waals surface area contributed by atoms with Crippen LogP contribution in [0.3, 0.4) is 0 Å². The van der Waals surface area contributed by atoms with Gasteiger partial charge in [0.15, 0.2) is 0 Å². The summed E-state index contributed by atoms with van der Waals surface area (Å²) in [6.45, 7) is 6.33. The summed E-state index contributed by atoms with van der Waals surface area (Å²) in [5.74, 6) is 0.190. The summed E-state index contributed by atoms with van der Waals surface area (Å²) in [6, 6.07) is 8.08. The quantitative estimate of drug-likeness (QED) is 0.361. The molecular formula is C31H34N4O5. The first kappa shape index (κ1) is 25.3. The van der Waals surface area contributed by atoms with Gasteiger partial charge in [-0.3, -0.25) is 9.59 Å². The summed E-state index contributed by atoms with van der Waals surface area (Å²) >= 11 is 0. The zero-order valence-electron chi connectivity index (χ0n) is 22.9. The molecule has 0 unspecified atom stereocenters. The molecule has 0 bridgehead atoms. The van der Waals surface area contributed by atoms with Crippen LogP contribution in [0.25, 0.3) is 22.3 Å². The van der Waals surface area contributed by atoms with Gasteiger partial charge >= 0.3 is 12.1 Å². The minimum Gasteiger partial charge on any atom is -0.460 e. The maximum Gasteiger partial charge on any atom is 0.415 e. The van der Waals surface area contributed by atoms with Crippen LogP contribution in [-0.4, -0.2) is 63.6 Å². The van der Waals surface area contributed by atoms with Crippen LogP contribution in [0, 0.1) is 0 Å². The van der Waals surface area contributed by atoms with Gasteiger partial charge in [0, 0.05) is 30.1 Å². The first-order valence-corrected chi connectivity index (χ1v) is 14.6. The van der Waals surface area contributed by atoms with Gasteiger partial charge in [-0.25, -0.2) is 9.78 Å². The van der Waals surface area contributed by atoms with Crippen LogP contribution in [0.2, 0.25) is 0 Å². The van der Waals surface area contributed by atoms with Crippen molar-refractivity contribution in [2.24, 2.45) is 0 Å². The number of aromatic nitrogens is 2. The Balaban J connectivity index is 1.13. The van der Waals surface area contributed by atoms with E-state index in [9.17, 15) is 14.4 Å². The van der Waals surface area contributed by atoms with Gasteiger partial charge in [0.05, 0.1) is 35.4 Å². The maximum atomic E-state index is 13.3. The minimum absolute atomic E-state index is 0.0182. The number of likely N-dealkylation sites (tertiary alicyclic amines) is 2. The molecule has 40 heavy (non-hydrogen) atoms. The summed E-state index contributed by atoms with van der Waals surface area (Å²) in [7, 11) is 0. The zero-order valence-corrected chi connectivity index (χ0v) is 22.9. The van der Waals surface area contributed by atoms with Crippen molar-refractivity contribution < 1.29 is 19.1 Å². The van der Waals surface area contributed by atoms with Crippen LogP contribution in [0.4, 0.5) is 4.79 Å². The van der Waals surface area contributed by atoms with Crippen LogP contribution in [0.1, 0.15) is 61.3 Å². The molecule has 4 aliphatic heterocycles. The monoisotopic (exact) mass is 542 g/mol. The molecule has 7 rings (SSSR count). The van der Waals surface area contributed by atoms with E-state index in [1.807, 2.05) is 23.1 Å². The normalized spacial score (nSPS) is 19.2. The second-order valence-corrected chi connectivity index (χ2v) is 11.4. The fourth-order valence-electron chi connectivity index (χ4n) is 6.98. The number of fused-ring (bicyclic) bond motifs is 5. The highest BCUT2D eigenvalue weighted by atomic mass is 16.6.